The van der Waals surface area contributed by atoms with Crippen molar-refractivity contribution in [1.29, 1.82) is 0 Å². The smallest absolute Gasteiger partial charge is 0.372 e. The summed E-state index contributed by atoms with van der Waals surface area (Å²) in [4.78, 5) is 13.3. The zero-order valence-corrected chi connectivity index (χ0v) is 10.1. The first-order chi connectivity index (χ1) is 7.94. The Hall–Kier alpha value is -0.490. The molecule has 0 saturated carbocycles. The van der Waals surface area contributed by atoms with Gasteiger partial charge in [-0.1, -0.05) is 0 Å². The highest BCUT2D eigenvalue weighted by Gasteiger charge is 2.29. The van der Waals surface area contributed by atoms with Crippen LogP contribution in [0.2, 0.25) is 0 Å². The van der Waals surface area contributed by atoms with Gasteiger partial charge in [0.1, 0.15) is 6.61 Å². The molecule has 0 bridgehead atoms. The Morgan fingerprint density at radius 2 is 2.18 bits per heavy atom. The standard InChI is InChI=1S/C10H15ClF3NO2/c11-6-8-2-1-4-15(8)9(16)3-5-17-7-10(12,13)14/h8H,1-7H2. The second kappa shape index (κ2) is 6.44. The number of hydrogen-bond donors (Lipinski definition) is 0. The van der Waals surface area contributed by atoms with Crippen LogP contribution in [0.4, 0.5) is 13.2 Å². The molecule has 1 heterocycles. The first-order valence-corrected chi connectivity index (χ1v) is 5.97. The van der Waals surface area contributed by atoms with Gasteiger partial charge in [0.15, 0.2) is 0 Å². The molecule has 1 aliphatic heterocycles. The average molecular weight is 274 g/mol. The van der Waals surface area contributed by atoms with Crippen molar-refractivity contribution in [2.24, 2.45) is 0 Å². The summed E-state index contributed by atoms with van der Waals surface area (Å²) in [7, 11) is 0. The first-order valence-electron chi connectivity index (χ1n) is 5.44. The summed E-state index contributed by atoms with van der Waals surface area (Å²) in [5.41, 5.74) is 0. The maximum absolute atomic E-state index is 11.8. The number of rotatable bonds is 5. The predicted octanol–water partition coefficient (Wildman–Crippen LogP) is 2.19. The average Bonchev–Trinajstić information content (AvgIpc) is 2.70. The maximum atomic E-state index is 11.8. The fraction of sp³-hybridized carbons (Fsp3) is 0.900. The minimum atomic E-state index is -4.34. The van der Waals surface area contributed by atoms with Crippen molar-refractivity contribution in [3.63, 3.8) is 0 Å². The van der Waals surface area contributed by atoms with Crippen LogP contribution >= 0.6 is 11.6 Å². The first kappa shape index (κ1) is 14.6. The highest BCUT2D eigenvalue weighted by molar-refractivity contribution is 6.18. The molecule has 7 heteroatoms. The molecule has 0 aromatic rings. The summed E-state index contributed by atoms with van der Waals surface area (Å²) >= 11 is 5.69. The molecular weight excluding hydrogens is 259 g/mol. The Kier molecular flexibility index (Phi) is 5.52. The Morgan fingerprint density at radius 1 is 1.47 bits per heavy atom. The molecule has 0 radical (unpaired) electrons. The molecule has 100 valence electrons. The van der Waals surface area contributed by atoms with Gasteiger partial charge >= 0.3 is 6.18 Å². The maximum Gasteiger partial charge on any atom is 0.411 e. The fourth-order valence-electron chi connectivity index (χ4n) is 1.82. The number of carbonyl (C=O) groups is 1. The Balaban J connectivity index is 2.21. The number of likely N-dealkylation sites (tertiary alicyclic amines) is 1. The molecule has 1 rings (SSSR count). The number of carbonyl (C=O) groups excluding carboxylic acids is 1. The van der Waals surface area contributed by atoms with Gasteiger partial charge in [-0.25, -0.2) is 0 Å². The molecule has 1 saturated heterocycles. The summed E-state index contributed by atoms with van der Waals surface area (Å²) in [6.45, 7) is -0.876. The highest BCUT2D eigenvalue weighted by atomic mass is 35.5. The summed E-state index contributed by atoms with van der Waals surface area (Å²) in [6.07, 6.45) is -2.61. The van der Waals surface area contributed by atoms with Crippen molar-refractivity contribution in [2.75, 3.05) is 25.6 Å². The van der Waals surface area contributed by atoms with Gasteiger partial charge in [-0.05, 0) is 12.8 Å². The monoisotopic (exact) mass is 273 g/mol. The van der Waals surface area contributed by atoms with Crippen molar-refractivity contribution < 1.29 is 22.7 Å². The third-order valence-corrected chi connectivity index (χ3v) is 2.96. The summed E-state index contributed by atoms with van der Waals surface area (Å²) in [5.74, 6) is 0.185. The van der Waals surface area contributed by atoms with E-state index in [1.807, 2.05) is 0 Å². The Labute approximate surface area is 103 Å². The van der Waals surface area contributed by atoms with Gasteiger partial charge in [-0.3, -0.25) is 4.79 Å². The molecule has 1 fully saturated rings. The van der Waals surface area contributed by atoms with E-state index < -0.39 is 12.8 Å². The van der Waals surface area contributed by atoms with Crippen LogP contribution in [0.5, 0.6) is 0 Å². The SMILES string of the molecule is O=C(CCOCC(F)(F)F)N1CCCC1CCl. The summed E-state index contributed by atoms with van der Waals surface area (Å²) in [6, 6.07) is 0.0202. The Bertz CT molecular complexity index is 260. The second-order valence-corrected chi connectivity index (χ2v) is 4.26. The van der Waals surface area contributed by atoms with Gasteiger partial charge in [-0.15, -0.1) is 11.6 Å². The third kappa shape index (κ3) is 5.12. The van der Waals surface area contributed by atoms with Gasteiger partial charge < -0.3 is 9.64 Å². The zero-order valence-electron chi connectivity index (χ0n) is 9.30. The molecule has 0 aromatic heterocycles. The van der Waals surface area contributed by atoms with Crippen molar-refractivity contribution in [2.45, 2.75) is 31.5 Å². The van der Waals surface area contributed by atoms with Crippen molar-refractivity contribution in [1.82, 2.24) is 4.90 Å². The molecule has 17 heavy (non-hydrogen) atoms. The van der Waals surface area contributed by atoms with Gasteiger partial charge in [-0.2, -0.15) is 13.2 Å². The van der Waals surface area contributed by atoms with Crippen molar-refractivity contribution >= 4 is 17.5 Å². The van der Waals surface area contributed by atoms with Crippen LogP contribution in [-0.2, 0) is 9.53 Å². The van der Waals surface area contributed by atoms with E-state index in [-0.39, 0.29) is 25.0 Å². The quantitative estimate of drug-likeness (QED) is 0.568. The topological polar surface area (TPSA) is 29.5 Å². The van der Waals surface area contributed by atoms with E-state index in [4.69, 9.17) is 11.6 Å². The highest BCUT2D eigenvalue weighted by Crippen LogP contribution is 2.19. The largest absolute Gasteiger partial charge is 0.411 e. The van der Waals surface area contributed by atoms with Crippen LogP contribution in [0.1, 0.15) is 19.3 Å². The van der Waals surface area contributed by atoms with Gasteiger partial charge in [0.2, 0.25) is 5.91 Å². The summed E-state index contributed by atoms with van der Waals surface area (Å²) in [5, 5.41) is 0. The van der Waals surface area contributed by atoms with E-state index in [1.54, 1.807) is 4.90 Å². The lowest BCUT2D eigenvalue weighted by Gasteiger charge is -2.22. The molecule has 1 aliphatic rings. The minimum Gasteiger partial charge on any atom is -0.372 e. The molecule has 0 aromatic carbocycles. The van der Waals surface area contributed by atoms with E-state index in [9.17, 15) is 18.0 Å². The predicted molar refractivity (Wildman–Crippen MR) is 56.9 cm³/mol. The number of amides is 1. The van der Waals surface area contributed by atoms with Crippen LogP contribution in [0.3, 0.4) is 0 Å². The molecule has 1 atom stereocenters. The number of alkyl halides is 4. The van der Waals surface area contributed by atoms with E-state index in [1.165, 1.54) is 0 Å². The van der Waals surface area contributed by atoms with Crippen molar-refractivity contribution in [3.8, 4) is 0 Å². The lowest BCUT2D eigenvalue weighted by Crippen LogP contribution is -2.37. The molecule has 0 N–H and O–H groups in total. The Morgan fingerprint density at radius 3 is 2.76 bits per heavy atom. The molecule has 3 nitrogen and oxygen atoms in total. The molecule has 1 unspecified atom stereocenters. The molecule has 1 amide bonds. The van der Waals surface area contributed by atoms with Crippen LogP contribution in [0.15, 0.2) is 0 Å². The summed E-state index contributed by atoms with van der Waals surface area (Å²) < 4.78 is 39.7. The van der Waals surface area contributed by atoms with Crippen molar-refractivity contribution in [3.05, 3.63) is 0 Å². The van der Waals surface area contributed by atoms with E-state index in [2.05, 4.69) is 4.74 Å². The molecule has 0 spiro atoms. The number of halogens is 4. The fourth-order valence-corrected chi connectivity index (χ4v) is 2.14. The molecular formula is C10H15ClF3NO2. The zero-order chi connectivity index (χ0) is 12.9. The molecule has 0 aliphatic carbocycles. The number of ether oxygens (including phenoxy) is 1. The number of hydrogen-bond acceptors (Lipinski definition) is 2. The lowest BCUT2D eigenvalue weighted by atomic mass is 10.2. The van der Waals surface area contributed by atoms with Crippen LogP contribution in [0.25, 0.3) is 0 Å². The van der Waals surface area contributed by atoms with Crippen LogP contribution in [0, 0.1) is 0 Å². The lowest BCUT2D eigenvalue weighted by molar-refractivity contribution is -0.175. The van der Waals surface area contributed by atoms with Gasteiger partial charge in [0, 0.05) is 18.5 Å². The minimum absolute atomic E-state index is 0.0202. The van der Waals surface area contributed by atoms with E-state index in [0.29, 0.717) is 12.4 Å². The van der Waals surface area contributed by atoms with Crippen LogP contribution < -0.4 is 0 Å². The van der Waals surface area contributed by atoms with E-state index in [0.717, 1.165) is 12.8 Å². The van der Waals surface area contributed by atoms with E-state index >= 15 is 0 Å². The third-order valence-electron chi connectivity index (χ3n) is 2.60. The second-order valence-electron chi connectivity index (χ2n) is 3.96. The van der Waals surface area contributed by atoms with Gasteiger partial charge in [0.25, 0.3) is 0 Å². The normalized spacial score (nSPS) is 20.9. The van der Waals surface area contributed by atoms with Crippen LogP contribution in [-0.4, -0.2) is 48.7 Å². The van der Waals surface area contributed by atoms with Gasteiger partial charge in [0.05, 0.1) is 13.0 Å². The number of nitrogens with zero attached hydrogens (tertiary/aromatic N) is 1.